The number of hydrogen-bond acceptors (Lipinski definition) is 6. The monoisotopic (exact) mass is 479 g/mol. The predicted octanol–water partition coefficient (Wildman–Crippen LogP) is 6.67. The molecule has 174 valence electrons. The van der Waals surface area contributed by atoms with Gasteiger partial charge in [-0.2, -0.15) is 5.10 Å². The lowest BCUT2D eigenvalue weighted by Crippen LogP contribution is -2.08. The molecule has 6 rings (SSSR count). The molecule has 3 N–H and O–H groups in total. The van der Waals surface area contributed by atoms with E-state index >= 15 is 0 Å². The molecule has 5 aromatic heterocycles. The van der Waals surface area contributed by atoms with E-state index in [0.29, 0.717) is 11.6 Å². The van der Waals surface area contributed by atoms with Gasteiger partial charge in [0.2, 0.25) is 0 Å². The first kappa shape index (κ1) is 21.5. The fourth-order valence-corrected chi connectivity index (χ4v) is 5.08. The quantitative estimate of drug-likeness (QED) is 0.248. The summed E-state index contributed by atoms with van der Waals surface area (Å²) < 4.78 is 0. The number of aromatic amines is 2. The Kier molecular flexibility index (Phi) is 5.30. The van der Waals surface area contributed by atoms with Crippen molar-refractivity contribution in [3.05, 3.63) is 65.9 Å². The summed E-state index contributed by atoms with van der Waals surface area (Å²) in [4.78, 5) is 20.0. The number of para-hydroxylation sites is 1. The van der Waals surface area contributed by atoms with Crippen molar-refractivity contribution in [2.24, 2.45) is 5.92 Å². The molecule has 5 heterocycles. The van der Waals surface area contributed by atoms with E-state index in [0.717, 1.165) is 56.9 Å². The number of aromatic nitrogens is 6. The number of benzene rings is 1. The van der Waals surface area contributed by atoms with Crippen molar-refractivity contribution in [2.75, 3.05) is 11.9 Å². The van der Waals surface area contributed by atoms with Crippen molar-refractivity contribution >= 4 is 39.1 Å². The topological polar surface area (TPSA) is 95.2 Å². The maximum Gasteiger partial charge on any atom is 0.181 e. The number of H-pyrrole nitrogens is 2. The van der Waals surface area contributed by atoms with Crippen molar-refractivity contribution in [2.45, 2.75) is 20.8 Å². The van der Waals surface area contributed by atoms with E-state index in [2.05, 4.69) is 93.7 Å². The van der Waals surface area contributed by atoms with E-state index in [1.54, 1.807) is 11.3 Å². The Morgan fingerprint density at radius 3 is 2.74 bits per heavy atom. The molecule has 0 atom stereocenters. The Hall–Kier alpha value is -4.04. The average molecular weight is 480 g/mol. The number of fused-ring (bicyclic) bond motifs is 2. The van der Waals surface area contributed by atoms with Gasteiger partial charge in [0.05, 0.1) is 22.1 Å². The maximum atomic E-state index is 4.98. The zero-order valence-electron chi connectivity index (χ0n) is 19.8. The molecule has 8 heteroatoms. The molecule has 0 saturated carbocycles. The van der Waals surface area contributed by atoms with Crippen LogP contribution in [0.1, 0.15) is 18.7 Å². The zero-order chi connectivity index (χ0) is 23.9. The summed E-state index contributed by atoms with van der Waals surface area (Å²) in [6.07, 6.45) is 5.55. The van der Waals surface area contributed by atoms with Gasteiger partial charge in [-0.05, 0) is 43.2 Å². The molecule has 1 aromatic carbocycles. The molecule has 0 aliphatic carbocycles. The Balaban J connectivity index is 1.41. The fourth-order valence-electron chi connectivity index (χ4n) is 4.18. The molecule has 0 unspecified atom stereocenters. The fraction of sp³-hybridized carbons (Fsp3) is 0.185. The molecule has 0 aliphatic heterocycles. The number of imidazole rings is 1. The molecule has 0 amide bonds. The second kappa shape index (κ2) is 8.63. The molecule has 0 bridgehead atoms. The van der Waals surface area contributed by atoms with Crippen molar-refractivity contribution in [3.8, 4) is 33.1 Å². The Morgan fingerprint density at radius 2 is 1.91 bits per heavy atom. The van der Waals surface area contributed by atoms with Crippen LogP contribution in [0.4, 0.5) is 5.69 Å². The third kappa shape index (κ3) is 4.06. The zero-order valence-corrected chi connectivity index (χ0v) is 20.6. The number of anilines is 1. The highest BCUT2D eigenvalue weighted by Gasteiger charge is 2.16. The number of pyridine rings is 2. The second-order valence-corrected chi connectivity index (χ2v) is 10.4. The second-order valence-electron chi connectivity index (χ2n) is 9.13. The number of hydrogen-bond donors (Lipinski definition) is 3. The first-order valence-electron chi connectivity index (χ1n) is 11.6. The first-order valence-corrected chi connectivity index (χ1v) is 12.5. The molecule has 0 spiro atoms. The van der Waals surface area contributed by atoms with Gasteiger partial charge in [0.15, 0.2) is 11.5 Å². The maximum absolute atomic E-state index is 4.98. The Bertz CT molecular complexity index is 1660. The average Bonchev–Trinajstić information content (AvgIpc) is 3.59. The van der Waals surface area contributed by atoms with Gasteiger partial charge >= 0.3 is 0 Å². The summed E-state index contributed by atoms with van der Waals surface area (Å²) >= 11 is 1.78. The van der Waals surface area contributed by atoms with Gasteiger partial charge in [-0.15, -0.1) is 11.3 Å². The van der Waals surface area contributed by atoms with Crippen LogP contribution in [0, 0.1) is 12.8 Å². The van der Waals surface area contributed by atoms with Crippen molar-refractivity contribution < 1.29 is 0 Å². The van der Waals surface area contributed by atoms with Crippen LogP contribution in [0.15, 0.2) is 61.1 Å². The molecular weight excluding hydrogens is 454 g/mol. The minimum Gasteiger partial charge on any atom is -0.384 e. The summed E-state index contributed by atoms with van der Waals surface area (Å²) in [5.74, 6) is 1.30. The van der Waals surface area contributed by atoms with Gasteiger partial charge in [0.1, 0.15) is 5.69 Å². The number of nitrogens with one attached hydrogen (secondary N) is 3. The van der Waals surface area contributed by atoms with Gasteiger partial charge in [-0.1, -0.05) is 26.0 Å². The van der Waals surface area contributed by atoms with E-state index in [4.69, 9.17) is 4.98 Å². The van der Waals surface area contributed by atoms with Crippen LogP contribution < -0.4 is 5.32 Å². The van der Waals surface area contributed by atoms with E-state index in [1.807, 2.05) is 18.6 Å². The summed E-state index contributed by atoms with van der Waals surface area (Å²) in [7, 11) is 0. The van der Waals surface area contributed by atoms with Crippen LogP contribution in [0.2, 0.25) is 0 Å². The molecular formula is C27H25N7S. The van der Waals surface area contributed by atoms with Gasteiger partial charge in [0, 0.05) is 51.6 Å². The highest BCUT2D eigenvalue weighted by atomic mass is 32.1. The molecule has 0 saturated heterocycles. The van der Waals surface area contributed by atoms with Crippen molar-refractivity contribution in [3.63, 3.8) is 0 Å². The van der Waals surface area contributed by atoms with Gasteiger partial charge in [-0.25, -0.2) is 9.97 Å². The number of aryl methyl sites for hydroxylation is 1. The Labute approximate surface area is 206 Å². The van der Waals surface area contributed by atoms with E-state index < -0.39 is 0 Å². The van der Waals surface area contributed by atoms with Crippen LogP contribution in [0.3, 0.4) is 0 Å². The predicted molar refractivity (Wildman–Crippen MR) is 144 cm³/mol. The minimum atomic E-state index is 0.554. The molecule has 6 aromatic rings. The lowest BCUT2D eigenvalue weighted by molar-refractivity contribution is 0.688. The summed E-state index contributed by atoms with van der Waals surface area (Å²) in [6, 6.07) is 14.7. The largest absolute Gasteiger partial charge is 0.384 e. The highest BCUT2D eigenvalue weighted by Crippen LogP contribution is 2.35. The number of thiophene rings is 1. The summed E-state index contributed by atoms with van der Waals surface area (Å²) in [5.41, 5.74) is 7.51. The van der Waals surface area contributed by atoms with Crippen LogP contribution in [0.5, 0.6) is 0 Å². The molecule has 0 radical (unpaired) electrons. The molecule has 0 aliphatic rings. The third-order valence-corrected chi connectivity index (χ3v) is 6.98. The lowest BCUT2D eigenvalue weighted by Gasteiger charge is -2.10. The van der Waals surface area contributed by atoms with Crippen LogP contribution in [-0.4, -0.2) is 36.7 Å². The van der Waals surface area contributed by atoms with E-state index in [-0.39, 0.29) is 0 Å². The normalized spacial score (nSPS) is 11.7. The van der Waals surface area contributed by atoms with E-state index in [1.165, 1.54) is 9.75 Å². The third-order valence-electron chi connectivity index (χ3n) is 5.95. The summed E-state index contributed by atoms with van der Waals surface area (Å²) in [6.45, 7) is 7.39. The van der Waals surface area contributed by atoms with Crippen LogP contribution >= 0.6 is 11.3 Å². The van der Waals surface area contributed by atoms with Gasteiger partial charge in [0.25, 0.3) is 0 Å². The smallest absolute Gasteiger partial charge is 0.181 e. The molecule has 7 nitrogen and oxygen atoms in total. The van der Waals surface area contributed by atoms with Gasteiger partial charge in [-0.3, -0.25) is 10.1 Å². The van der Waals surface area contributed by atoms with Crippen LogP contribution in [-0.2, 0) is 0 Å². The van der Waals surface area contributed by atoms with Gasteiger partial charge < -0.3 is 10.3 Å². The highest BCUT2D eigenvalue weighted by molar-refractivity contribution is 7.15. The standard InChI is InChI=1S/C27H25N7S/c1-15(2)11-29-19-9-17(12-28-14-19)18-10-21-25(33-34-26(21)30-13-18)27-31-22-6-4-5-20(24(22)32-27)23-8-7-16(3)35-23/h4-10,12-15,29H,11H2,1-3H3,(H,31,32)(H,30,33,34). The van der Waals surface area contributed by atoms with Crippen molar-refractivity contribution in [1.29, 1.82) is 0 Å². The SMILES string of the molecule is Cc1ccc(-c2cccc3[nH]c(-c4[nH]nc5ncc(-c6cncc(NCC(C)C)c6)cc45)nc23)s1. The number of nitrogens with zero attached hydrogens (tertiary/aromatic N) is 4. The first-order chi connectivity index (χ1) is 17.0. The van der Waals surface area contributed by atoms with E-state index in [9.17, 15) is 0 Å². The summed E-state index contributed by atoms with van der Waals surface area (Å²) in [5, 5.41) is 11.9. The molecule has 35 heavy (non-hydrogen) atoms. The van der Waals surface area contributed by atoms with Crippen molar-refractivity contribution in [1.82, 2.24) is 30.1 Å². The van der Waals surface area contributed by atoms with Crippen LogP contribution in [0.25, 0.3) is 55.2 Å². The molecule has 0 fully saturated rings. The lowest BCUT2D eigenvalue weighted by atomic mass is 10.1. The Morgan fingerprint density at radius 1 is 1.03 bits per heavy atom. The minimum absolute atomic E-state index is 0.554. The number of rotatable bonds is 6.